The van der Waals surface area contributed by atoms with Crippen molar-refractivity contribution in [1.29, 1.82) is 0 Å². The molecule has 1 fully saturated rings. The van der Waals surface area contributed by atoms with E-state index in [0.717, 1.165) is 4.31 Å². The summed E-state index contributed by atoms with van der Waals surface area (Å²) in [7, 11) is -1.50. The van der Waals surface area contributed by atoms with E-state index >= 15 is 0 Å². The molecule has 34 heavy (non-hydrogen) atoms. The number of nitrogens with zero attached hydrogens (tertiary/aromatic N) is 1. The molecule has 0 bridgehead atoms. The molecule has 12 heteroatoms. The van der Waals surface area contributed by atoms with Gasteiger partial charge in [0, 0.05) is 19.5 Å². The summed E-state index contributed by atoms with van der Waals surface area (Å²) in [5.74, 6) is 0.600. The van der Waals surface area contributed by atoms with Crippen LogP contribution in [0.25, 0.3) is 0 Å². The van der Waals surface area contributed by atoms with E-state index in [9.17, 15) is 23.1 Å². The van der Waals surface area contributed by atoms with Gasteiger partial charge in [-0.1, -0.05) is 18.5 Å². The van der Waals surface area contributed by atoms with Gasteiger partial charge in [0.25, 0.3) is 10.9 Å². The minimum Gasteiger partial charge on any atom is -0.504 e. The molecule has 0 amide bonds. The highest BCUT2D eigenvalue weighted by atomic mass is 35.5. The predicted octanol–water partition coefficient (Wildman–Crippen LogP) is 2.73. The van der Waals surface area contributed by atoms with Crippen molar-refractivity contribution in [3.63, 3.8) is 0 Å². The van der Waals surface area contributed by atoms with E-state index in [1.165, 1.54) is 26.2 Å². The zero-order valence-corrected chi connectivity index (χ0v) is 20.5. The molecular weight excluding hydrogens is 486 g/mol. The number of furan rings is 1. The Labute approximate surface area is 200 Å². The van der Waals surface area contributed by atoms with Crippen molar-refractivity contribution >= 4 is 38.7 Å². The van der Waals surface area contributed by atoms with Crippen molar-refractivity contribution in [2.45, 2.75) is 24.8 Å². The smallest absolute Gasteiger partial charge is 0.253 e. The minimum absolute atomic E-state index is 0.00328. The standard InChI is InChI=1S/C22H24ClN3O7S/c1-11-5-8-14(33-11)21(22(2)9-32-10-22)25-16-15(18(28)19(16)29)24-13-7-6-12(23)20(17(13)27)34(30,31)26(3)4/h5-8,21,24-25,27H,9-10H2,1-4H3/t21-/m0/s1. The number of sulfonamides is 1. The molecule has 2 heterocycles. The van der Waals surface area contributed by atoms with E-state index in [2.05, 4.69) is 10.6 Å². The third-order valence-electron chi connectivity index (χ3n) is 5.89. The van der Waals surface area contributed by atoms with Crippen molar-refractivity contribution < 1.29 is 22.7 Å². The Kier molecular flexibility index (Phi) is 6.01. The number of phenols is 1. The number of phenolic OH excluding ortho intramolecular Hbond substituents is 1. The summed E-state index contributed by atoms with van der Waals surface area (Å²) < 4.78 is 37.3. The number of rotatable bonds is 8. The second-order valence-corrected chi connectivity index (χ2v) is 11.3. The number of nitrogens with one attached hydrogen (secondary N) is 2. The van der Waals surface area contributed by atoms with Crippen molar-refractivity contribution in [3.05, 3.63) is 61.3 Å². The first kappa shape index (κ1) is 24.3. The molecule has 1 saturated heterocycles. The normalized spacial score (nSPS) is 16.4. The molecular formula is C22H24ClN3O7S. The zero-order valence-electron chi connectivity index (χ0n) is 18.9. The van der Waals surface area contributed by atoms with Gasteiger partial charge in [0.1, 0.15) is 27.8 Å². The maximum atomic E-state index is 12.6. The van der Waals surface area contributed by atoms with Crippen LogP contribution in [0.5, 0.6) is 5.75 Å². The summed E-state index contributed by atoms with van der Waals surface area (Å²) in [5.41, 5.74) is -2.14. The molecule has 0 saturated carbocycles. The summed E-state index contributed by atoms with van der Waals surface area (Å²) in [6.07, 6.45) is 0. The van der Waals surface area contributed by atoms with Crippen LogP contribution < -0.4 is 21.5 Å². The quantitative estimate of drug-likeness (QED) is 0.309. The third-order valence-corrected chi connectivity index (χ3v) is 8.20. The summed E-state index contributed by atoms with van der Waals surface area (Å²) >= 11 is 6.04. The van der Waals surface area contributed by atoms with Crippen LogP contribution in [-0.2, 0) is 14.8 Å². The number of halogens is 1. The molecule has 4 rings (SSSR count). The number of hydrogen-bond donors (Lipinski definition) is 3. The Morgan fingerprint density at radius 1 is 1.12 bits per heavy atom. The van der Waals surface area contributed by atoms with Gasteiger partial charge in [0.15, 0.2) is 5.75 Å². The number of anilines is 3. The molecule has 3 N–H and O–H groups in total. The van der Waals surface area contributed by atoms with Crippen LogP contribution in [0.4, 0.5) is 17.1 Å². The Bertz CT molecular complexity index is 1430. The highest BCUT2D eigenvalue weighted by Gasteiger charge is 2.45. The van der Waals surface area contributed by atoms with Gasteiger partial charge in [-0.15, -0.1) is 0 Å². The van der Waals surface area contributed by atoms with E-state index in [1.54, 1.807) is 19.1 Å². The predicted molar refractivity (Wildman–Crippen MR) is 127 cm³/mol. The van der Waals surface area contributed by atoms with Crippen LogP contribution in [0.1, 0.15) is 24.5 Å². The summed E-state index contributed by atoms with van der Waals surface area (Å²) in [4.78, 5) is 24.4. The molecule has 182 valence electrons. The first-order valence-electron chi connectivity index (χ1n) is 10.3. The second kappa shape index (κ2) is 8.42. The second-order valence-electron chi connectivity index (χ2n) is 8.77. The summed E-state index contributed by atoms with van der Waals surface area (Å²) in [6, 6.07) is 5.72. The van der Waals surface area contributed by atoms with Crippen molar-refractivity contribution in [2.24, 2.45) is 5.41 Å². The van der Waals surface area contributed by atoms with Crippen LogP contribution in [0, 0.1) is 12.3 Å². The number of benzene rings is 1. The maximum Gasteiger partial charge on any atom is 0.253 e. The fourth-order valence-corrected chi connectivity index (χ4v) is 5.27. The average molecular weight is 510 g/mol. The molecule has 0 spiro atoms. The Morgan fingerprint density at radius 3 is 2.29 bits per heavy atom. The largest absolute Gasteiger partial charge is 0.504 e. The number of ether oxygens (including phenoxy) is 1. The van der Waals surface area contributed by atoms with E-state index in [4.69, 9.17) is 20.8 Å². The molecule has 0 radical (unpaired) electrons. The van der Waals surface area contributed by atoms with Gasteiger partial charge in [0.2, 0.25) is 10.0 Å². The fourth-order valence-electron chi connectivity index (χ4n) is 3.79. The van der Waals surface area contributed by atoms with Gasteiger partial charge in [-0.3, -0.25) is 9.59 Å². The van der Waals surface area contributed by atoms with E-state index in [-0.39, 0.29) is 22.1 Å². The highest BCUT2D eigenvalue weighted by molar-refractivity contribution is 7.89. The van der Waals surface area contributed by atoms with Crippen molar-refractivity contribution in [1.82, 2.24) is 4.31 Å². The lowest BCUT2D eigenvalue weighted by Crippen LogP contribution is -2.49. The number of hydrogen-bond acceptors (Lipinski definition) is 9. The van der Waals surface area contributed by atoms with Gasteiger partial charge >= 0.3 is 0 Å². The van der Waals surface area contributed by atoms with Gasteiger partial charge in [-0.25, -0.2) is 12.7 Å². The van der Waals surface area contributed by atoms with Gasteiger partial charge in [-0.05, 0) is 31.2 Å². The van der Waals surface area contributed by atoms with E-state index in [0.29, 0.717) is 24.7 Å². The first-order valence-corrected chi connectivity index (χ1v) is 12.1. The van der Waals surface area contributed by atoms with Crippen LogP contribution in [-0.4, -0.2) is 45.1 Å². The van der Waals surface area contributed by atoms with E-state index < -0.39 is 43.0 Å². The van der Waals surface area contributed by atoms with Crippen molar-refractivity contribution in [2.75, 3.05) is 37.9 Å². The molecule has 10 nitrogen and oxygen atoms in total. The summed E-state index contributed by atoms with van der Waals surface area (Å²) in [5, 5.41) is 16.3. The molecule has 2 aromatic carbocycles. The topological polar surface area (TPSA) is 138 Å². The van der Waals surface area contributed by atoms with Gasteiger partial charge in [0.05, 0.1) is 30.0 Å². The molecule has 0 unspecified atom stereocenters. The molecule has 1 aliphatic rings. The lowest BCUT2D eigenvalue weighted by molar-refractivity contribution is -0.115. The Hall–Kier alpha value is -2.86. The molecule has 1 aliphatic heterocycles. The number of aryl methyl sites for hydroxylation is 1. The monoisotopic (exact) mass is 509 g/mol. The van der Waals surface area contributed by atoms with Crippen molar-refractivity contribution in [3.8, 4) is 5.75 Å². The maximum absolute atomic E-state index is 12.6. The van der Waals surface area contributed by atoms with Crippen LogP contribution >= 0.6 is 11.6 Å². The van der Waals surface area contributed by atoms with Crippen LogP contribution in [0.15, 0.2) is 43.2 Å². The first-order chi connectivity index (χ1) is 15.9. The Balaban J connectivity index is 1.71. The van der Waals surface area contributed by atoms with Crippen LogP contribution in [0.3, 0.4) is 0 Å². The lowest BCUT2D eigenvalue weighted by Gasteiger charge is -2.44. The molecule has 0 aliphatic carbocycles. The fraction of sp³-hybridized carbons (Fsp3) is 0.364. The number of aromatic hydroxyl groups is 1. The molecule has 1 aromatic heterocycles. The van der Waals surface area contributed by atoms with E-state index in [1.807, 2.05) is 6.92 Å². The lowest BCUT2D eigenvalue weighted by atomic mass is 9.79. The Morgan fingerprint density at radius 2 is 1.76 bits per heavy atom. The van der Waals surface area contributed by atoms with Gasteiger partial charge in [-0.2, -0.15) is 0 Å². The van der Waals surface area contributed by atoms with Gasteiger partial charge < -0.3 is 24.9 Å². The zero-order chi connectivity index (χ0) is 25.0. The summed E-state index contributed by atoms with van der Waals surface area (Å²) in [6.45, 7) is 4.61. The third kappa shape index (κ3) is 3.88. The average Bonchev–Trinajstić information content (AvgIpc) is 3.18. The highest BCUT2D eigenvalue weighted by Crippen LogP contribution is 2.44. The van der Waals surface area contributed by atoms with Crippen LogP contribution in [0.2, 0.25) is 5.02 Å². The SMILES string of the molecule is Cc1ccc([C@H](Nc2c(Nc3ccc(Cl)c(S(=O)(=O)N(C)C)c3O)c(=O)c2=O)C2(C)COC2)o1. The minimum atomic E-state index is -4.09. The molecule has 1 atom stereocenters. The molecule has 3 aromatic rings.